The van der Waals surface area contributed by atoms with Crippen molar-refractivity contribution in [1.29, 1.82) is 0 Å². The van der Waals surface area contributed by atoms with Crippen LogP contribution in [0.2, 0.25) is 0 Å². The molecule has 166 valence electrons. The lowest BCUT2D eigenvalue weighted by atomic mass is 10.0. The third-order valence-corrected chi connectivity index (χ3v) is 6.51. The Bertz CT molecular complexity index is 1110. The molecule has 32 heavy (non-hydrogen) atoms. The van der Waals surface area contributed by atoms with Gasteiger partial charge >= 0.3 is 0 Å². The van der Waals surface area contributed by atoms with Gasteiger partial charge in [0.15, 0.2) is 0 Å². The molecule has 3 aromatic rings. The number of aromatic nitrogens is 1. The van der Waals surface area contributed by atoms with Gasteiger partial charge in [-0.2, -0.15) is 0 Å². The van der Waals surface area contributed by atoms with E-state index in [1.54, 1.807) is 0 Å². The third kappa shape index (κ3) is 4.33. The van der Waals surface area contributed by atoms with Crippen molar-refractivity contribution in [2.75, 3.05) is 26.2 Å². The molecule has 1 unspecified atom stereocenters. The smallest absolute Gasteiger partial charge is 0.237 e. The van der Waals surface area contributed by atoms with E-state index in [0.29, 0.717) is 6.61 Å². The summed E-state index contributed by atoms with van der Waals surface area (Å²) in [4.78, 5) is 21.6. The number of fused-ring (bicyclic) bond motifs is 2. The number of carbonyl (C=O) groups is 1. The molecule has 0 saturated carbocycles. The van der Waals surface area contributed by atoms with Crippen molar-refractivity contribution >= 4 is 16.8 Å². The highest BCUT2D eigenvalue weighted by Gasteiger charge is 2.28. The summed E-state index contributed by atoms with van der Waals surface area (Å²) in [5.74, 6) is 1.11. The molecule has 5 rings (SSSR count). The van der Waals surface area contributed by atoms with Gasteiger partial charge in [-0.1, -0.05) is 37.3 Å². The first-order chi connectivity index (χ1) is 15.7. The van der Waals surface area contributed by atoms with E-state index in [9.17, 15) is 4.79 Å². The Balaban J connectivity index is 1.34. The molecule has 0 spiro atoms. The van der Waals surface area contributed by atoms with E-state index in [2.05, 4.69) is 69.5 Å². The standard InChI is InChI=1S/C26H30N4O2/c1-2-23-26(31)28-11-12-30(23)16-19-8-9-24-22(15-19)18-29(13-14-32-24)17-21-6-3-5-20-7-4-10-27-25(20)21/h3-10,15,23H,2,11-14,16-18H2,1H3,(H,28,31). The number of benzene rings is 2. The molecule has 2 aliphatic rings. The molecule has 6 nitrogen and oxygen atoms in total. The van der Waals surface area contributed by atoms with Crippen LogP contribution in [0.25, 0.3) is 10.9 Å². The Morgan fingerprint density at radius 3 is 2.94 bits per heavy atom. The summed E-state index contributed by atoms with van der Waals surface area (Å²) >= 11 is 0. The maximum absolute atomic E-state index is 12.2. The molecule has 1 fully saturated rings. The van der Waals surface area contributed by atoms with E-state index in [-0.39, 0.29) is 11.9 Å². The largest absolute Gasteiger partial charge is 0.492 e. The van der Waals surface area contributed by atoms with E-state index in [1.165, 1.54) is 22.1 Å². The van der Waals surface area contributed by atoms with Crippen LogP contribution in [0.15, 0.2) is 54.7 Å². The summed E-state index contributed by atoms with van der Waals surface area (Å²) in [6, 6.07) is 16.9. The zero-order chi connectivity index (χ0) is 21.9. The normalized spacial score (nSPS) is 19.8. The molecular weight excluding hydrogens is 400 g/mol. The second kappa shape index (κ2) is 9.27. The zero-order valence-corrected chi connectivity index (χ0v) is 18.6. The Labute approximate surface area is 189 Å². The van der Waals surface area contributed by atoms with E-state index in [0.717, 1.165) is 57.0 Å². The zero-order valence-electron chi connectivity index (χ0n) is 18.6. The number of amides is 1. The first kappa shape index (κ1) is 20.9. The predicted octanol–water partition coefficient (Wildman–Crippen LogP) is 3.34. The van der Waals surface area contributed by atoms with E-state index < -0.39 is 0 Å². The van der Waals surface area contributed by atoms with Gasteiger partial charge in [0.05, 0.1) is 11.6 Å². The molecule has 1 atom stereocenters. The van der Waals surface area contributed by atoms with Crippen LogP contribution >= 0.6 is 0 Å². The van der Waals surface area contributed by atoms with Gasteiger partial charge in [-0.05, 0) is 35.7 Å². The Hall–Kier alpha value is -2.96. The van der Waals surface area contributed by atoms with Crippen LogP contribution in [0.4, 0.5) is 0 Å². The van der Waals surface area contributed by atoms with Gasteiger partial charge < -0.3 is 10.1 Å². The lowest BCUT2D eigenvalue weighted by Gasteiger charge is -2.34. The first-order valence-electron chi connectivity index (χ1n) is 11.5. The number of piperazine rings is 1. The number of rotatable bonds is 5. The van der Waals surface area contributed by atoms with Crippen LogP contribution in [0, 0.1) is 0 Å². The van der Waals surface area contributed by atoms with Gasteiger partial charge in [-0.15, -0.1) is 0 Å². The molecule has 6 heteroatoms. The SMILES string of the molecule is CCC1C(=O)NCCN1Cc1ccc2c(c1)CN(Cc1cccc3cccnc13)CCO2. The van der Waals surface area contributed by atoms with E-state index in [1.807, 2.05) is 12.3 Å². The fourth-order valence-electron chi connectivity index (χ4n) is 4.90. The minimum atomic E-state index is -0.0471. The number of pyridine rings is 1. The second-order valence-electron chi connectivity index (χ2n) is 8.68. The van der Waals surface area contributed by atoms with Crippen molar-refractivity contribution in [2.45, 2.75) is 39.0 Å². The van der Waals surface area contributed by atoms with E-state index >= 15 is 0 Å². The van der Waals surface area contributed by atoms with Crippen LogP contribution in [-0.4, -0.2) is 53.0 Å². The quantitative estimate of drug-likeness (QED) is 0.673. The number of hydrogen-bond acceptors (Lipinski definition) is 5. The van der Waals surface area contributed by atoms with Gasteiger partial charge in [-0.25, -0.2) is 0 Å². The monoisotopic (exact) mass is 430 g/mol. The van der Waals surface area contributed by atoms with Gasteiger partial charge in [0.2, 0.25) is 5.91 Å². The Morgan fingerprint density at radius 2 is 2.03 bits per heavy atom. The van der Waals surface area contributed by atoms with Gasteiger partial charge in [0, 0.05) is 56.4 Å². The van der Waals surface area contributed by atoms with Crippen molar-refractivity contribution in [3.8, 4) is 5.75 Å². The lowest BCUT2D eigenvalue weighted by Crippen LogP contribution is -2.54. The summed E-state index contributed by atoms with van der Waals surface area (Å²) in [6.07, 6.45) is 2.69. The highest BCUT2D eigenvalue weighted by Crippen LogP contribution is 2.27. The van der Waals surface area contributed by atoms with Crippen LogP contribution in [0.1, 0.15) is 30.0 Å². The average molecular weight is 431 g/mol. The summed E-state index contributed by atoms with van der Waals surface area (Å²) in [5, 5.41) is 4.16. The first-order valence-corrected chi connectivity index (χ1v) is 11.5. The third-order valence-electron chi connectivity index (χ3n) is 6.51. The molecule has 0 aliphatic carbocycles. The lowest BCUT2D eigenvalue weighted by molar-refractivity contribution is -0.129. The van der Waals surface area contributed by atoms with Crippen molar-refractivity contribution in [3.05, 3.63) is 71.4 Å². The van der Waals surface area contributed by atoms with Crippen LogP contribution in [0.5, 0.6) is 5.75 Å². The van der Waals surface area contributed by atoms with Crippen LogP contribution in [-0.2, 0) is 24.4 Å². The molecule has 0 radical (unpaired) electrons. The number of carbonyl (C=O) groups excluding carboxylic acids is 1. The molecule has 0 bridgehead atoms. The predicted molar refractivity (Wildman–Crippen MR) is 125 cm³/mol. The summed E-state index contributed by atoms with van der Waals surface area (Å²) < 4.78 is 6.07. The van der Waals surface area contributed by atoms with Crippen molar-refractivity contribution in [2.24, 2.45) is 0 Å². The molecule has 1 saturated heterocycles. The highest BCUT2D eigenvalue weighted by molar-refractivity contribution is 5.82. The minimum Gasteiger partial charge on any atom is -0.492 e. The number of hydrogen-bond donors (Lipinski definition) is 1. The van der Waals surface area contributed by atoms with Crippen molar-refractivity contribution in [1.82, 2.24) is 20.1 Å². The highest BCUT2D eigenvalue weighted by atomic mass is 16.5. The maximum atomic E-state index is 12.2. The fraction of sp³-hybridized carbons (Fsp3) is 0.385. The molecule has 1 aromatic heterocycles. The van der Waals surface area contributed by atoms with Gasteiger partial charge in [-0.3, -0.25) is 19.6 Å². The Morgan fingerprint density at radius 1 is 1.12 bits per heavy atom. The molecule has 2 aliphatic heterocycles. The Kier molecular flexibility index (Phi) is 6.06. The summed E-state index contributed by atoms with van der Waals surface area (Å²) in [6.45, 7) is 7.69. The molecule has 3 heterocycles. The summed E-state index contributed by atoms with van der Waals surface area (Å²) in [7, 11) is 0. The minimum absolute atomic E-state index is 0.0471. The average Bonchev–Trinajstić information content (AvgIpc) is 3.01. The number of nitrogens with one attached hydrogen (secondary N) is 1. The van der Waals surface area contributed by atoms with Crippen LogP contribution in [0.3, 0.4) is 0 Å². The molecule has 1 amide bonds. The fourth-order valence-corrected chi connectivity index (χ4v) is 4.90. The molecule has 2 aromatic carbocycles. The maximum Gasteiger partial charge on any atom is 0.237 e. The topological polar surface area (TPSA) is 57.7 Å². The number of ether oxygens (including phenoxy) is 1. The second-order valence-corrected chi connectivity index (χ2v) is 8.68. The molecule has 1 N–H and O–H groups in total. The molecular formula is C26H30N4O2. The van der Waals surface area contributed by atoms with E-state index in [4.69, 9.17) is 4.74 Å². The van der Waals surface area contributed by atoms with Gasteiger partial charge in [0.25, 0.3) is 0 Å². The number of nitrogens with zero attached hydrogens (tertiary/aromatic N) is 3. The van der Waals surface area contributed by atoms with Gasteiger partial charge in [0.1, 0.15) is 12.4 Å². The van der Waals surface area contributed by atoms with Crippen LogP contribution < -0.4 is 10.1 Å². The van der Waals surface area contributed by atoms with Crippen molar-refractivity contribution in [3.63, 3.8) is 0 Å². The van der Waals surface area contributed by atoms with Crippen molar-refractivity contribution < 1.29 is 9.53 Å². The number of para-hydroxylation sites is 1. The summed E-state index contributed by atoms with van der Waals surface area (Å²) in [5.41, 5.74) is 4.76.